The smallest absolute Gasteiger partial charge is 0.243 e. The number of sulfonamides is 1. The fourth-order valence-corrected chi connectivity index (χ4v) is 5.25. The molecule has 0 atom stereocenters. The number of methoxy groups -OCH3 is 1. The van der Waals surface area contributed by atoms with Gasteiger partial charge in [-0.1, -0.05) is 6.42 Å². The molecule has 0 spiro atoms. The van der Waals surface area contributed by atoms with Gasteiger partial charge in [-0.25, -0.2) is 8.42 Å². The Balaban J connectivity index is 1.66. The molecule has 1 aliphatic rings. The molecule has 0 saturated carbocycles. The fourth-order valence-electron chi connectivity index (χ4n) is 3.68. The van der Waals surface area contributed by atoms with Gasteiger partial charge in [-0.05, 0) is 67.3 Å². The molecule has 0 aromatic heterocycles. The van der Waals surface area contributed by atoms with Crippen molar-refractivity contribution in [3.63, 3.8) is 0 Å². The largest absolute Gasteiger partial charge is 0.496 e. The molecule has 9 heteroatoms. The summed E-state index contributed by atoms with van der Waals surface area (Å²) in [4.78, 5) is 23.7. The Labute approximate surface area is 189 Å². The van der Waals surface area contributed by atoms with Crippen LogP contribution in [0.3, 0.4) is 0 Å². The molecule has 8 nitrogen and oxygen atoms in total. The lowest BCUT2D eigenvalue weighted by molar-refractivity contribution is -0.116. The zero-order chi connectivity index (χ0) is 23.1. The van der Waals surface area contributed by atoms with Gasteiger partial charge < -0.3 is 15.4 Å². The molecular formula is C23H29N3O5S. The van der Waals surface area contributed by atoms with Gasteiger partial charge >= 0.3 is 0 Å². The van der Waals surface area contributed by atoms with Crippen LogP contribution in [-0.4, -0.2) is 44.7 Å². The van der Waals surface area contributed by atoms with Crippen molar-refractivity contribution in [2.45, 2.75) is 43.9 Å². The molecule has 3 rings (SSSR count). The van der Waals surface area contributed by atoms with Crippen LogP contribution in [0.2, 0.25) is 0 Å². The molecule has 0 radical (unpaired) electrons. The summed E-state index contributed by atoms with van der Waals surface area (Å²) in [6, 6.07) is 11.6. The van der Waals surface area contributed by atoms with E-state index in [1.807, 2.05) is 0 Å². The van der Waals surface area contributed by atoms with E-state index in [2.05, 4.69) is 10.6 Å². The summed E-state index contributed by atoms with van der Waals surface area (Å²) < 4.78 is 32.9. The molecular weight excluding hydrogens is 430 g/mol. The molecule has 0 aliphatic carbocycles. The van der Waals surface area contributed by atoms with Gasteiger partial charge in [-0.2, -0.15) is 4.31 Å². The van der Waals surface area contributed by atoms with E-state index >= 15 is 0 Å². The number of anilines is 2. The second-order valence-electron chi connectivity index (χ2n) is 7.75. The van der Waals surface area contributed by atoms with Gasteiger partial charge in [-0.15, -0.1) is 0 Å². The van der Waals surface area contributed by atoms with Crippen LogP contribution in [0.25, 0.3) is 0 Å². The Morgan fingerprint density at radius 3 is 2.19 bits per heavy atom. The molecule has 1 heterocycles. The second kappa shape index (κ2) is 10.6. The lowest BCUT2D eigenvalue weighted by Crippen LogP contribution is -2.35. The monoisotopic (exact) mass is 459 g/mol. The van der Waals surface area contributed by atoms with Gasteiger partial charge in [0.15, 0.2) is 0 Å². The first-order valence-electron chi connectivity index (χ1n) is 10.6. The zero-order valence-corrected chi connectivity index (χ0v) is 19.2. The third kappa shape index (κ3) is 6.08. The minimum Gasteiger partial charge on any atom is -0.496 e. The van der Waals surface area contributed by atoms with Crippen molar-refractivity contribution < 1.29 is 22.7 Å². The average molecular weight is 460 g/mol. The molecule has 2 aromatic rings. The van der Waals surface area contributed by atoms with Crippen molar-refractivity contribution in [3.8, 4) is 5.75 Å². The normalized spacial score (nSPS) is 14.6. The minimum absolute atomic E-state index is 0.164. The second-order valence-corrected chi connectivity index (χ2v) is 9.68. The van der Waals surface area contributed by atoms with Crippen LogP contribution in [0.15, 0.2) is 47.4 Å². The molecule has 0 bridgehead atoms. The van der Waals surface area contributed by atoms with Gasteiger partial charge in [0.2, 0.25) is 21.8 Å². The molecule has 2 N–H and O–H groups in total. The number of nitrogens with zero attached hydrogens (tertiary/aromatic N) is 1. The number of nitrogens with one attached hydrogen (secondary N) is 2. The lowest BCUT2D eigenvalue weighted by Gasteiger charge is -2.26. The van der Waals surface area contributed by atoms with Gasteiger partial charge in [0.25, 0.3) is 0 Å². The van der Waals surface area contributed by atoms with E-state index in [1.165, 1.54) is 18.3 Å². The molecule has 172 valence electrons. The Bertz CT molecular complexity index is 1060. The summed E-state index contributed by atoms with van der Waals surface area (Å²) in [6.45, 7) is 2.50. The number of hydrogen-bond donors (Lipinski definition) is 2. The van der Waals surface area contributed by atoms with Crippen molar-refractivity contribution >= 4 is 33.2 Å². The summed E-state index contributed by atoms with van der Waals surface area (Å²) in [7, 11) is -2.04. The van der Waals surface area contributed by atoms with E-state index < -0.39 is 10.0 Å². The number of aryl methyl sites for hydroxylation is 1. The standard InChI is InChI=1S/C23H29N3O5S/c1-17(27)24-19-7-9-20(10-8-19)25-23(28)13-6-18-16-21(11-12-22(18)31-2)32(29,30)26-14-4-3-5-15-26/h7-12,16H,3-6,13-15H2,1-2H3,(H,24,27)(H,25,28). The van der Waals surface area contributed by atoms with Crippen LogP contribution in [0, 0.1) is 0 Å². The SMILES string of the molecule is COc1ccc(S(=O)(=O)N2CCCCC2)cc1CCC(=O)Nc1ccc(NC(C)=O)cc1. The van der Waals surface area contributed by atoms with Crippen LogP contribution in [-0.2, 0) is 26.0 Å². The maximum absolute atomic E-state index is 13.0. The maximum Gasteiger partial charge on any atom is 0.243 e. The van der Waals surface area contributed by atoms with Crippen LogP contribution < -0.4 is 15.4 Å². The Morgan fingerprint density at radius 1 is 0.969 bits per heavy atom. The average Bonchev–Trinajstić information content (AvgIpc) is 2.79. The molecule has 1 fully saturated rings. The summed E-state index contributed by atoms with van der Waals surface area (Å²) in [5.74, 6) is 0.180. The van der Waals surface area contributed by atoms with Gasteiger partial charge in [0, 0.05) is 37.8 Å². The number of amides is 2. The summed E-state index contributed by atoms with van der Waals surface area (Å²) in [5.41, 5.74) is 1.92. The van der Waals surface area contributed by atoms with E-state index in [0.717, 1.165) is 19.3 Å². The number of piperidine rings is 1. The molecule has 32 heavy (non-hydrogen) atoms. The Hall–Kier alpha value is -2.91. The van der Waals surface area contributed by atoms with Gasteiger partial charge in [-0.3, -0.25) is 9.59 Å². The van der Waals surface area contributed by atoms with E-state index in [9.17, 15) is 18.0 Å². The topological polar surface area (TPSA) is 105 Å². The summed E-state index contributed by atoms with van der Waals surface area (Å²) >= 11 is 0. The molecule has 1 saturated heterocycles. The van der Waals surface area contributed by atoms with Crippen LogP contribution in [0.5, 0.6) is 5.75 Å². The van der Waals surface area contributed by atoms with Crippen molar-refractivity contribution in [1.82, 2.24) is 4.31 Å². The lowest BCUT2D eigenvalue weighted by atomic mass is 10.1. The summed E-state index contributed by atoms with van der Waals surface area (Å²) in [5, 5.41) is 5.48. The number of carbonyl (C=O) groups is 2. The predicted molar refractivity (Wildman–Crippen MR) is 123 cm³/mol. The number of carbonyl (C=O) groups excluding carboxylic acids is 2. The minimum atomic E-state index is -3.56. The molecule has 0 unspecified atom stereocenters. The highest BCUT2D eigenvalue weighted by Crippen LogP contribution is 2.27. The highest BCUT2D eigenvalue weighted by molar-refractivity contribution is 7.89. The first-order valence-corrected chi connectivity index (χ1v) is 12.1. The third-order valence-electron chi connectivity index (χ3n) is 5.32. The van der Waals surface area contributed by atoms with Crippen LogP contribution in [0.4, 0.5) is 11.4 Å². The molecule has 2 aromatic carbocycles. The van der Waals surface area contributed by atoms with E-state index in [0.29, 0.717) is 42.2 Å². The third-order valence-corrected chi connectivity index (χ3v) is 7.21. The first kappa shape index (κ1) is 23.7. The highest BCUT2D eigenvalue weighted by Gasteiger charge is 2.26. The van der Waals surface area contributed by atoms with E-state index in [1.54, 1.807) is 42.5 Å². The predicted octanol–water partition coefficient (Wildman–Crippen LogP) is 3.40. The van der Waals surface area contributed by atoms with Crippen LogP contribution >= 0.6 is 0 Å². The number of ether oxygens (including phenoxy) is 1. The zero-order valence-electron chi connectivity index (χ0n) is 18.4. The number of rotatable bonds is 8. The Kier molecular flexibility index (Phi) is 7.87. The van der Waals surface area contributed by atoms with Gasteiger partial charge in [0.05, 0.1) is 12.0 Å². The van der Waals surface area contributed by atoms with E-state index in [4.69, 9.17) is 4.74 Å². The highest BCUT2D eigenvalue weighted by atomic mass is 32.2. The van der Waals surface area contributed by atoms with E-state index in [-0.39, 0.29) is 23.1 Å². The quantitative estimate of drug-likeness (QED) is 0.630. The molecule has 2 amide bonds. The fraction of sp³-hybridized carbons (Fsp3) is 0.391. The first-order chi connectivity index (χ1) is 15.3. The number of benzene rings is 2. The van der Waals surface area contributed by atoms with Crippen molar-refractivity contribution in [1.29, 1.82) is 0 Å². The Morgan fingerprint density at radius 2 is 1.59 bits per heavy atom. The maximum atomic E-state index is 13.0. The van der Waals surface area contributed by atoms with Crippen molar-refractivity contribution in [2.24, 2.45) is 0 Å². The number of hydrogen-bond acceptors (Lipinski definition) is 5. The van der Waals surface area contributed by atoms with Crippen molar-refractivity contribution in [3.05, 3.63) is 48.0 Å². The van der Waals surface area contributed by atoms with Gasteiger partial charge in [0.1, 0.15) is 5.75 Å². The summed E-state index contributed by atoms with van der Waals surface area (Å²) in [6.07, 6.45) is 3.28. The molecule has 1 aliphatic heterocycles. The van der Waals surface area contributed by atoms with Crippen molar-refractivity contribution in [2.75, 3.05) is 30.8 Å². The van der Waals surface area contributed by atoms with Crippen LogP contribution in [0.1, 0.15) is 38.2 Å².